The second-order valence-corrected chi connectivity index (χ2v) is 19.0. The van der Waals surface area contributed by atoms with Gasteiger partial charge in [-0.2, -0.15) is 13.2 Å². The number of aryl methyl sites for hydroxylation is 1. The van der Waals surface area contributed by atoms with E-state index in [0.717, 1.165) is 5.56 Å². The number of sulfonamides is 1. The molecule has 1 rings (SSSR count). The van der Waals surface area contributed by atoms with E-state index in [4.69, 9.17) is 0 Å². The fourth-order valence-corrected chi connectivity index (χ4v) is 3.25. The molecule has 4 nitrogen and oxygen atoms in total. The zero-order chi connectivity index (χ0) is 19.3. The van der Waals surface area contributed by atoms with Crippen molar-refractivity contribution in [1.29, 1.82) is 0 Å². The van der Waals surface area contributed by atoms with Gasteiger partial charge in [0, 0.05) is 0 Å². The highest BCUT2D eigenvalue weighted by atomic mass is 32.2. The second kappa shape index (κ2) is 8.05. The van der Waals surface area contributed by atoms with Gasteiger partial charge in [0.1, 0.15) is 16.1 Å². The van der Waals surface area contributed by atoms with Gasteiger partial charge in [-0.1, -0.05) is 57.0 Å². The van der Waals surface area contributed by atoms with E-state index < -0.39 is 26.2 Å². The molecule has 0 unspecified atom stereocenters. The van der Waals surface area contributed by atoms with Crippen LogP contribution in [-0.2, 0) is 10.0 Å². The normalized spacial score (nSPS) is 11.5. The van der Waals surface area contributed by atoms with Gasteiger partial charge in [-0.3, -0.25) is 0 Å². The van der Waals surface area contributed by atoms with Crippen molar-refractivity contribution < 1.29 is 8.42 Å². The average molecular weight is 392 g/mol. The quantitative estimate of drug-likeness (QED) is 0.282. The molecule has 0 amide bonds. The lowest BCUT2D eigenvalue weighted by Crippen LogP contribution is -2.21. The molecular formula is C18H26N2O2SSi2. The number of nitrogens with zero attached hydrogens (tertiary/aromatic N) is 1. The third-order valence-corrected chi connectivity index (χ3v) is 5.70. The first-order chi connectivity index (χ1) is 11.3. The minimum Gasteiger partial charge on any atom is -0.200 e. The SMILES string of the molecule is Cc1ccc(S(=O)(=O)NN=[13C](C#C[Si](C)(C)C)C#C[Si](C)(C)C)cc1. The maximum absolute atomic E-state index is 12.4. The number of hydrogen-bond donors (Lipinski definition) is 1. The van der Waals surface area contributed by atoms with Gasteiger partial charge >= 0.3 is 0 Å². The molecule has 0 bridgehead atoms. The molecule has 0 aliphatic carbocycles. The summed E-state index contributed by atoms with van der Waals surface area (Å²) in [6.07, 6.45) is 0. The lowest BCUT2D eigenvalue weighted by molar-refractivity contribution is 0.584. The molecule has 1 N–H and O–H groups in total. The van der Waals surface area contributed by atoms with Gasteiger partial charge in [-0.05, 0) is 30.9 Å². The fourth-order valence-electron chi connectivity index (χ4n) is 1.46. The topological polar surface area (TPSA) is 58.5 Å². The molecule has 0 atom stereocenters. The summed E-state index contributed by atoms with van der Waals surface area (Å²) in [6.45, 7) is 14.6. The Balaban J connectivity index is 3.18. The maximum atomic E-state index is 12.4. The first-order valence-corrected chi connectivity index (χ1v) is 16.5. The highest BCUT2D eigenvalue weighted by Gasteiger charge is 2.13. The van der Waals surface area contributed by atoms with Gasteiger partial charge < -0.3 is 0 Å². The summed E-state index contributed by atoms with van der Waals surface area (Å²) in [7, 11) is -6.96. The van der Waals surface area contributed by atoms with Crippen molar-refractivity contribution in [2.75, 3.05) is 0 Å². The highest BCUT2D eigenvalue weighted by Crippen LogP contribution is 2.09. The Labute approximate surface area is 154 Å². The Morgan fingerprint density at radius 3 is 1.76 bits per heavy atom. The molecule has 0 fully saturated rings. The summed E-state index contributed by atoms with van der Waals surface area (Å²) in [6, 6.07) is 6.59. The van der Waals surface area contributed by atoms with Gasteiger partial charge in [0.2, 0.25) is 0 Å². The molecule has 134 valence electrons. The van der Waals surface area contributed by atoms with Crippen LogP contribution in [-0.4, -0.2) is 30.3 Å². The van der Waals surface area contributed by atoms with Crippen LogP contribution >= 0.6 is 0 Å². The van der Waals surface area contributed by atoms with E-state index in [2.05, 4.69) is 72.1 Å². The summed E-state index contributed by atoms with van der Waals surface area (Å²) in [5.41, 5.74) is 7.61. The molecule has 0 heterocycles. The number of nitrogens with one attached hydrogen (secondary N) is 1. The van der Waals surface area contributed by atoms with Crippen molar-refractivity contribution in [3.05, 3.63) is 29.8 Å². The van der Waals surface area contributed by atoms with Crippen molar-refractivity contribution in [2.45, 2.75) is 51.1 Å². The van der Waals surface area contributed by atoms with Crippen LogP contribution in [0.3, 0.4) is 0 Å². The van der Waals surface area contributed by atoms with E-state index in [1.807, 2.05) is 6.92 Å². The summed E-state index contributed by atoms with van der Waals surface area (Å²) >= 11 is 0. The minimum atomic E-state index is -3.73. The molecule has 0 saturated heterocycles. The third-order valence-electron chi connectivity index (χ3n) is 2.72. The van der Waals surface area contributed by atoms with Crippen LogP contribution in [0.15, 0.2) is 34.3 Å². The first kappa shape index (κ1) is 21.2. The Morgan fingerprint density at radius 1 is 0.920 bits per heavy atom. The Hall–Kier alpha value is -1.81. The second-order valence-electron chi connectivity index (χ2n) is 7.87. The zero-order valence-electron chi connectivity index (χ0n) is 16.0. The summed E-state index contributed by atoms with van der Waals surface area (Å²) < 4.78 is 24.7. The minimum absolute atomic E-state index is 0.164. The molecule has 7 heteroatoms. The van der Waals surface area contributed by atoms with Crippen LogP contribution in [0.4, 0.5) is 0 Å². The van der Waals surface area contributed by atoms with Crippen LogP contribution in [0.5, 0.6) is 0 Å². The lowest BCUT2D eigenvalue weighted by Gasteiger charge is -2.06. The summed E-state index contributed by atoms with van der Waals surface area (Å²) in [5.74, 6) is 5.90. The van der Waals surface area contributed by atoms with Gasteiger partial charge in [0.25, 0.3) is 10.0 Å². The van der Waals surface area contributed by atoms with Crippen molar-refractivity contribution in [1.82, 2.24) is 4.83 Å². The van der Waals surface area contributed by atoms with E-state index in [-0.39, 0.29) is 10.6 Å². The van der Waals surface area contributed by atoms with Crippen LogP contribution in [0.2, 0.25) is 39.3 Å². The van der Waals surface area contributed by atoms with E-state index in [1.165, 1.54) is 0 Å². The predicted octanol–water partition coefficient (Wildman–Crippen LogP) is 3.39. The molecule has 0 radical (unpaired) electrons. The Morgan fingerprint density at radius 2 is 1.36 bits per heavy atom. The Bertz CT molecular complexity index is 834. The van der Waals surface area contributed by atoms with Crippen LogP contribution in [0.1, 0.15) is 5.56 Å². The first-order valence-electron chi connectivity index (χ1n) is 8.01. The van der Waals surface area contributed by atoms with Gasteiger partial charge in [-0.15, -0.1) is 16.2 Å². The zero-order valence-corrected chi connectivity index (χ0v) is 18.8. The molecule has 1 aromatic rings. The van der Waals surface area contributed by atoms with Crippen molar-refractivity contribution >= 4 is 31.9 Å². The fraction of sp³-hybridized carbons (Fsp3) is 0.389. The number of benzene rings is 1. The molecular weight excluding hydrogens is 365 g/mol. The van der Waals surface area contributed by atoms with Gasteiger partial charge in [-0.25, -0.2) is 0 Å². The molecule has 1 aromatic carbocycles. The van der Waals surface area contributed by atoms with Crippen LogP contribution < -0.4 is 4.83 Å². The largest absolute Gasteiger partial charge is 0.276 e. The molecule has 0 aromatic heterocycles. The standard InChI is InChI=1S/C18H26N2O2SSi2/c1-16-8-10-18(11-9-16)23(21,22)20-19-17(12-14-24(2,3)4)13-15-25(5,6)7/h8-11,20H,1-7H3/i17+1. The maximum Gasteiger partial charge on any atom is 0.276 e. The number of hydrogen-bond acceptors (Lipinski definition) is 3. The molecule has 0 aliphatic rings. The van der Waals surface area contributed by atoms with Crippen molar-refractivity contribution in [2.24, 2.45) is 5.10 Å². The van der Waals surface area contributed by atoms with E-state index >= 15 is 0 Å². The summed E-state index contributed by atoms with van der Waals surface area (Å²) in [5, 5.41) is 3.98. The van der Waals surface area contributed by atoms with Crippen molar-refractivity contribution in [3.63, 3.8) is 0 Å². The Kier molecular flexibility index (Phi) is 6.84. The number of rotatable bonds is 3. The van der Waals surface area contributed by atoms with Gasteiger partial charge in [0.05, 0.1) is 4.90 Å². The van der Waals surface area contributed by atoms with E-state index in [1.54, 1.807) is 24.3 Å². The van der Waals surface area contributed by atoms with Crippen LogP contribution in [0, 0.1) is 29.9 Å². The van der Waals surface area contributed by atoms with Crippen LogP contribution in [0.25, 0.3) is 0 Å². The monoisotopic (exact) mass is 391 g/mol. The lowest BCUT2D eigenvalue weighted by atomic mass is 10.2. The highest BCUT2D eigenvalue weighted by molar-refractivity contribution is 7.89. The third kappa shape index (κ3) is 8.73. The smallest absolute Gasteiger partial charge is 0.200 e. The predicted molar refractivity (Wildman–Crippen MR) is 111 cm³/mol. The molecule has 0 spiro atoms. The molecule has 25 heavy (non-hydrogen) atoms. The number of hydrazone groups is 1. The van der Waals surface area contributed by atoms with Crippen molar-refractivity contribution in [3.8, 4) is 22.9 Å². The van der Waals surface area contributed by atoms with Gasteiger partial charge in [0.15, 0.2) is 5.71 Å². The summed E-state index contributed by atoms with van der Waals surface area (Å²) in [4.78, 5) is 2.42. The van der Waals surface area contributed by atoms with E-state index in [0.29, 0.717) is 0 Å². The van der Waals surface area contributed by atoms with E-state index in [9.17, 15) is 8.42 Å². The average Bonchev–Trinajstić information content (AvgIpc) is 2.44. The molecule has 0 saturated carbocycles. The molecule has 0 aliphatic heterocycles.